The van der Waals surface area contributed by atoms with Gasteiger partial charge in [-0.1, -0.05) is 30.3 Å². The van der Waals surface area contributed by atoms with E-state index in [4.69, 9.17) is 9.47 Å². The zero-order chi connectivity index (χ0) is 42.9. The molecule has 9 rings (SSSR count). The highest BCUT2D eigenvalue weighted by molar-refractivity contribution is 7.22. The summed E-state index contributed by atoms with van der Waals surface area (Å²) in [5, 5.41) is 22.5. The second kappa shape index (κ2) is 18.1. The summed E-state index contributed by atoms with van der Waals surface area (Å²) >= 11 is 1.45. The Morgan fingerprint density at radius 1 is 0.758 bits per heavy atom. The summed E-state index contributed by atoms with van der Waals surface area (Å²) in [7, 11) is -1.59. The Morgan fingerprint density at radius 3 is 2.13 bits per heavy atom. The van der Waals surface area contributed by atoms with Crippen molar-refractivity contribution < 1.29 is 43.1 Å². The number of hydrogen-bond donors (Lipinski definition) is 3. The minimum absolute atomic E-state index is 0.0996. The Hall–Kier alpha value is -5.45. The normalized spacial score (nSPS) is 19.3. The van der Waals surface area contributed by atoms with Gasteiger partial charge >= 0.3 is 7.12 Å². The van der Waals surface area contributed by atoms with E-state index in [0.717, 1.165) is 108 Å². The molecule has 5 aromatic rings. The topological polar surface area (TPSA) is 149 Å². The molecule has 4 amide bonds. The number of fused-ring (bicyclic) bond motifs is 2. The van der Waals surface area contributed by atoms with Crippen LogP contribution in [0.25, 0.3) is 20.5 Å². The quantitative estimate of drug-likeness (QED) is 0.0960. The monoisotopic (exact) mass is 858 g/mol. The highest BCUT2D eigenvalue weighted by atomic mass is 32.1. The number of hydrogen-bond acceptors (Lipinski definition) is 11. The molecule has 0 aliphatic carbocycles. The van der Waals surface area contributed by atoms with E-state index >= 15 is 0 Å². The number of likely N-dealkylation sites (tertiary alicyclic amines) is 2. The summed E-state index contributed by atoms with van der Waals surface area (Å²) in [5.74, 6) is 0.557. The van der Waals surface area contributed by atoms with E-state index in [-0.39, 0.29) is 24.6 Å². The third kappa shape index (κ3) is 8.91. The van der Waals surface area contributed by atoms with Crippen molar-refractivity contribution in [3.8, 4) is 27.7 Å². The van der Waals surface area contributed by atoms with Crippen LogP contribution in [-0.2, 0) is 9.59 Å². The Kier molecular flexibility index (Phi) is 12.2. The summed E-state index contributed by atoms with van der Waals surface area (Å²) < 4.78 is 27.2. The Labute approximate surface area is 363 Å². The van der Waals surface area contributed by atoms with E-state index in [2.05, 4.69) is 15.1 Å². The van der Waals surface area contributed by atoms with Gasteiger partial charge in [-0.2, -0.15) is 0 Å². The minimum atomic E-state index is -1.59. The molecule has 0 spiro atoms. The highest BCUT2D eigenvalue weighted by Gasteiger charge is 2.45. The van der Waals surface area contributed by atoms with Crippen LogP contribution in [0.4, 0.5) is 4.39 Å². The maximum Gasteiger partial charge on any atom is 0.488 e. The number of imide groups is 2. The van der Waals surface area contributed by atoms with Gasteiger partial charge in [0, 0.05) is 16.5 Å². The number of halogens is 1. The van der Waals surface area contributed by atoms with E-state index in [1.807, 2.05) is 42.5 Å². The number of benzene rings is 4. The number of carbonyl (C=O) groups excluding carboxylic acids is 4. The molecule has 3 saturated heterocycles. The number of thiophene rings is 1. The molecule has 15 heteroatoms. The zero-order valence-corrected chi connectivity index (χ0v) is 35.1. The fraction of sp³-hybridized carbons (Fsp3) is 0.362. The number of carbonyl (C=O) groups is 4. The average molecular weight is 859 g/mol. The van der Waals surface area contributed by atoms with Gasteiger partial charge in [0.2, 0.25) is 11.8 Å². The van der Waals surface area contributed by atoms with E-state index in [1.54, 1.807) is 30.3 Å². The largest absolute Gasteiger partial charge is 0.493 e. The lowest BCUT2D eigenvalue weighted by molar-refractivity contribution is -0.136. The second-order valence-electron chi connectivity index (χ2n) is 16.8. The van der Waals surface area contributed by atoms with Crippen LogP contribution < -0.4 is 20.3 Å². The zero-order valence-electron chi connectivity index (χ0n) is 34.3. The van der Waals surface area contributed by atoms with Crippen molar-refractivity contribution in [3.63, 3.8) is 0 Å². The molecule has 1 aromatic heterocycles. The fourth-order valence-corrected chi connectivity index (χ4v) is 10.4. The molecule has 5 heterocycles. The van der Waals surface area contributed by atoms with Crippen molar-refractivity contribution in [1.82, 2.24) is 20.0 Å². The number of nitrogens with one attached hydrogen (secondary N) is 1. The van der Waals surface area contributed by atoms with Gasteiger partial charge in [-0.15, -0.1) is 11.3 Å². The molecule has 4 aliphatic heterocycles. The molecule has 0 radical (unpaired) electrons. The summed E-state index contributed by atoms with van der Waals surface area (Å²) in [5.41, 5.74) is 2.91. The lowest BCUT2D eigenvalue weighted by Crippen LogP contribution is -2.54. The van der Waals surface area contributed by atoms with Gasteiger partial charge in [0.05, 0.1) is 22.6 Å². The smallest absolute Gasteiger partial charge is 0.488 e. The molecule has 320 valence electrons. The molecular formula is C47H48BFN4O8S. The molecule has 3 N–H and O–H groups in total. The average Bonchev–Trinajstić information content (AvgIpc) is 3.76. The predicted octanol–water partition coefficient (Wildman–Crippen LogP) is 5.94. The third-order valence-electron chi connectivity index (χ3n) is 12.8. The van der Waals surface area contributed by atoms with Crippen molar-refractivity contribution in [2.75, 3.05) is 45.9 Å². The van der Waals surface area contributed by atoms with Gasteiger partial charge in [0.15, 0.2) is 5.75 Å². The molecule has 12 nitrogen and oxygen atoms in total. The van der Waals surface area contributed by atoms with Crippen LogP contribution >= 0.6 is 11.3 Å². The first kappa shape index (κ1) is 41.9. The summed E-state index contributed by atoms with van der Waals surface area (Å²) in [4.78, 5) is 57.4. The van der Waals surface area contributed by atoms with Gasteiger partial charge in [0.25, 0.3) is 11.8 Å². The lowest BCUT2D eigenvalue weighted by atomic mass is 9.80. The molecule has 62 heavy (non-hydrogen) atoms. The van der Waals surface area contributed by atoms with Gasteiger partial charge in [-0.3, -0.25) is 29.4 Å². The highest BCUT2D eigenvalue weighted by Crippen LogP contribution is 2.46. The molecule has 0 saturated carbocycles. The number of amides is 4. The molecule has 4 aromatic carbocycles. The molecule has 4 aliphatic rings. The number of ether oxygens (including phenoxy) is 2. The molecule has 0 bridgehead atoms. The molecule has 1 unspecified atom stereocenters. The molecule has 1 atom stereocenters. The van der Waals surface area contributed by atoms with Gasteiger partial charge in [0.1, 0.15) is 23.4 Å². The second-order valence-corrected chi connectivity index (χ2v) is 17.8. The van der Waals surface area contributed by atoms with Gasteiger partial charge in [-0.25, -0.2) is 4.39 Å². The maximum atomic E-state index is 13.7. The van der Waals surface area contributed by atoms with Gasteiger partial charge in [-0.05, 0) is 161 Å². The molecule has 3 fully saturated rings. The number of piperidine rings is 3. The van der Waals surface area contributed by atoms with E-state index in [0.29, 0.717) is 46.5 Å². The number of rotatable bonds is 13. The van der Waals surface area contributed by atoms with Crippen LogP contribution in [0, 0.1) is 11.7 Å². The lowest BCUT2D eigenvalue weighted by Gasteiger charge is -2.34. The Balaban J connectivity index is 0.702. The predicted molar refractivity (Wildman–Crippen MR) is 234 cm³/mol. The van der Waals surface area contributed by atoms with Crippen molar-refractivity contribution in [2.24, 2.45) is 5.92 Å². The Bertz CT molecular complexity index is 2480. The fourth-order valence-electron chi connectivity index (χ4n) is 9.21. The molecular weight excluding hydrogens is 810 g/mol. The van der Waals surface area contributed by atoms with Crippen LogP contribution in [0.1, 0.15) is 77.1 Å². The SMILES string of the molecule is O=C1CCC(N2C(=O)c3ccc(C4CCN(CCCN5CCC(COc6ccc(Oc7c(-c8ccc(F)cc8)sc8cc(B(O)O)ccc78)cc6)CC5)CC4)cc3C2=O)C(=O)N1. The summed E-state index contributed by atoms with van der Waals surface area (Å²) in [6.45, 7) is 6.80. The van der Waals surface area contributed by atoms with Gasteiger partial charge < -0.3 is 29.3 Å². The summed E-state index contributed by atoms with van der Waals surface area (Å²) in [6.07, 6.45) is 5.46. The van der Waals surface area contributed by atoms with Crippen molar-refractivity contribution in [2.45, 2.75) is 56.9 Å². The van der Waals surface area contributed by atoms with E-state index < -0.39 is 30.9 Å². The van der Waals surface area contributed by atoms with Crippen LogP contribution in [0.3, 0.4) is 0 Å². The van der Waals surface area contributed by atoms with E-state index in [9.17, 15) is 33.6 Å². The first-order valence-electron chi connectivity index (χ1n) is 21.5. The maximum absolute atomic E-state index is 13.7. The third-order valence-corrected chi connectivity index (χ3v) is 14.0. The van der Waals surface area contributed by atoms with Crippen molar-refractivity contribution in [1.29, 1.82) is 0 Å². The van der Waals surface area contributed by atoms with E-state index in [1.165, 1.54) is 23.5 Å². The first-order valence-corrected chi connectivity index (χ1v) is 22.3. The van der Waals surface area contributed by atoms with Crippen LogP contribution in [0.5, 0.6) is 17.2 Å². The number of nitrogens with zero attached hydrogens (tertiary/aromatic N) is 3. The minimum Gasteiger partial charge on any atom is -0.493 e. The van der Waals surface area contributed by atoms with Crippen molar-refractivity contribution >= 4 is 57.6 Å². The van der Waals surface area contributed by atoms with Crippen molar-refractivity contribution in [3.05, 3.63) is 107 Å². The van der Waals surface area contributed by atoms with Crippen LogP contribution in [0.2, 0.25) is 0 Å². The Morgan fingerprint density at radius 2 is 1.44 bits per heavy atom. The summed E-state index contributed by atoms with van der Waals surface area (Å²) in [6, 6.07) is 23.6. The standard InChI is InChI=1S/C47H48BFN4O8S/c49-34-6-2-31(3-7-34)44-43(38-13-5-33(48(58)59)27-41(38)62-44)61-36-10-8-35(9-11-36)60-28-29-16-22-51(23-17-29)20-1-21-52-24-18-30(19-25-52)32-4-12-37-39(26-32)47(57)53(46(37)56)40-14-15-42(54)50-45(40)55/h2-13,26-27,29-30,40,58-59H,1,14-25,28H2,(H,50,54,55). The first-order chi connectivity index (χ1) is 30.1. The van der Waals surface area contributed by atoms with Crippen LogP contribution in [-0.4, -0.2) is 107 Å². The van der Waals surface area contributed by atoms with Crippen LogP contribution in [0.15, 0.2) is 84.9 Å².